The van der Waals surface area contributed by atoms with E-state index in [9.17, 15) is 9.59 Å². The predicted molar refractivity (Wildman–Crippen MR) is 93.8 cm³/mol. The van der Waals surface area contributed by atoms with Gasteiger partial charge in [0.05, 0.1) is 10.9 Å². The number of anilines is 2. The summed E-state index contributed by atoms with van der Waals surface area (Å²) in [6, 6.07) is 12.5. The molecule has 2 aromatic rings. The molecule has 0 unspecified atom stereocenters. The number of amides is 2. The van der Waals surface area contributed by atoms with Crippen LogP contribution in [0.3, 0.4) is 0 Å². The van der Waals surface area contributed by atoms with Crippen LogP contribution in [0.1, 0.15) is 12.0 Å². The third kappa shape index (κ3) is 3.07. The molecule has 23 heavy (non-hydrogen) atoms. The van der Waals surface area contributed by atoms with Crippen molar-refractivity contribution in [2.24, 2.45) is 0 Å². The van der Waals surface area contributed by atoms with Crippen molar-refractivity contribution in [2.45, 2.75) is 23.5 Å². The summed E-state index contributed by atoms with van der Waals surface area (Å²) in [4.78, 5) is 27.1. The van der Waals surface area contributed by atoms with Gasteiger partial charge in [-0.2, -0.15) is 0 Å². The maximum Gasteiger partial charge on any atom is 0.247 e. The van der Waals surface area contributed by atoms with E-state index in [1.165, 1.54) is 16.7 Å². The summed E-state index contributed by atoms with van der Waals surface area (Å²) in [6.45, 7) is 1.83. The van der Waals surface area contributed by atoms with Crippen LogP contribution in [0, 0.1) is 6.92 Å². The van der Waals surface area contributed by atoms with Gasteiger partial charge in [-0.05, 0) is 42.8 Å². The standard InChI is InChI=1S/C17H15ClN2O2S/c1-10-8-11(18)6-7-13(10)20-16(21)9-15(17(20)22)23-14-5-3-2-4-12(14)19/h2-8,15H,9,19H2,1H3/t15-/m1/s1. The van der Waals surface area contributed by atoms with Crippen molar-refractivity contribution in [2.75, 3.05) is 10.6 Å². The smallest absolute Gasteiger partial charge is 0.247 e. The molecule has 4 nitrogen and oxygen atoms in total. The Morgan fingerprint density at radius 3 is 2.65 bits per heavy atom. The van der Waals surface area contributed by atoms with Gasteiger partial charge in [0.25, 0.3) is 0 Å². The van der Waals surface area contributed by atoms with Gasteiger partial charge in [0.15, 0.2) is 0 Å². The number of hydrogen-bond acceptors (Lipinski definition) is 4. The van der Waals surface area contributed by atoms with E-state index in [1.807, 2.05) is 25.1 Å². The third-order valence-electron chi connectivity index (χ3n) is 3.69. The Bertz CT molecular complexity index is 794. The van der Waals surface area contributed by atoms with Crippen molar-refractivity contribution < 1.29 is 9.59 Å². The number of para-hydroxylation sites is 1. The summed E-state index contributed by atoms with van der Waals surface area (Å²) in [5.41, 5.74) is 7.92. The van der Waals surface area contributed by atoms with Gasteiger partial charge >= 0.3 is 0 Å². The topological polar surface area (TPSA) is 63.4 Å². The van der Waals surface area contributed by atoms with E-state index in [0.717, 1.165) is 10.5 Å². The number of benzene rings is 2. The molecule has 0 saturated carbocycles. The SMILES string of the molecule is Cc1cc(Cl)ccc1N1C(=O)C[C@@H](Sc2ccccc2N)C1=O. The van der Waals surface area contributed by atoms with Gasteiger partial charge in [-0.1, -0.05) is 23.7 Å². The lowest BCUT2D eigenvalue weighted by Crippen LogP contribution is -2.31. The minimum absolute atomic E-state index is 0.167. The number of nitrogen functional groups attached to an aromatic ring is 1. The van der Waals surface area contributed by atoms with Gasteiger partial charge < -0.3 is 5.73 Å². The largest absolute Gasteiger partial charge is 0.398 e. The van der Waals surface area contributed by atoms with Gasteiger partial charge in [-0.15, -0.1) is 11.8 Å². The lowest BCUT2D eigenvalue weighted by Gasteiger charge is -2.17. The third-order valence-corrected chi connectivity index (χ3v) is 5.21. The first-order chi connectivity index (χ1) is 11.0. The van der Waals surface area contributed by atoms with Crippen molar-refractivity contribution in [3.05, 3.63) is 53.1 Å². The van der Waals surface area contributed by atoms with Crippen LogP contribution in [0.5, 0.6) is 0 Å². The van der Waals surface area contributed by atoms with E-state index in [4.69, 9.17) is 17.3 Å². The molecule has 2 N–H and O–H groups in total. The van der Waals surface area contributed by atoms with Crippen LogP contribution in [-0.4, -0.2) is 17.1 Å². The zero-order chi connectivity index (χ0) is 16.6. The predicted octanol–water partition coefficient (Wildman–Crippen LogP) is 3.65. The molecule has 1 atom stereocenters. The number of nitrogens with zero attached hydrogens (tertiary/aromatic N) is 1. The molecule has 1 aliphatic rings. The first-order valence-corrected chi connectivity index (χ1v) is 8.37. The highest BCUT2D eigenvalue weighted by Gasteiger charge is 2.40. The molecule has 6 heteroatoms. The average molecular weight is 347 g/mol. The summed E-state index contributed by atoms with van der Waals surface area (Å²) >= 11 is 7.28. The monoisotopic (exact) mass is 346 g/mol. The summed E-state index contributed by atoms with van der Waals surface area (Å²) in [7, 11) is 0. The van der Waals surface area contributed by atoms with Gasteiger partial charge in [-0.25, -0.2) is 4.90 Å². The highest BCUT2D eigenvalue weighted by Crippen LogP contribution is 2.37. The van der Waals surface area contributed by atoms with Crippen LogP contribution in [0.25, 0.3) is 0 Å². The molecule has 0 bridgehead atoms. The molecule has 1 aliphatic heterocycles. The quantitative estimate of drug-likeness (QED) is 0.680. The van der Waals surface area contributed by atoms with E-state index < -0.39 is 5.25 Å². The maximum atomic E-state index is 12.7. The number of carbonyl (C=O) groups is 2. The molecule has 0 spiro atoms. The second kappa shape index (κ2) is 6.26. The number of hydrogen-bond donors (Lipinski definition) is 1. The number of aryl methyl sites for hydroxylation is 1. The molecule has 2 amide bonds. The van der Waals surface area contributed by atoms with Gasteiger partial charge in [-0.3, -0.25) is 9.59 Å². The van der Waals surface area contributed by atoms with Crippen molar-refractivity contribution in [3.8, 4) is 0 Å². The van der Waals surface area contributed by atoms with Gasteiger partial charge in [0.1, 0.15) is 0 Å². The first kappa shape index (κ1) is 15.9. The van der Waals surface area contributed by atoms with E-state index in [-0.39, 0.29) is 18.2 Å². The van der Waals surface area contributed by atoms with Crippen molar-refractivity contribution in [3.63, 3.8) is 0 Å². The van der Waals surface area contributed by atoms with Crippen LogP contribution < -0.4 is 10.6 Å². The number of nitrogens with two attached hydrogens (primary N) is 1. The summed E-state index contributed by atoms with van der Waals surface area (Å²) in [6.07, 6.45) is 0.167. The Kier molecular flexibility index (Phi) is 4.33. The highest BCUT2D eigenvalue weighted by atomic mass is 35.5. The van der Waals surface area contributed by atoms with Crippen LogP contribution in [0.2, 0.25) is 5.02 Å². The molecule has 0 radical (unpaired) electrons. The molecule has 0 aliphatic carbocycles. The second-order valence-electron chi connectivity index (χ2n) is 5.35. The highest BCUT2D eigenvalue weighted by molar-refractivity contribution is 8.00. The first-order valence-electron chi connectivity index (χ1n) is 7.11. The fraction of sp³-hybridized carbons (Fsp3) is 0.176. The molecular formula is C17H15ClN2O2S. The minimum atomic E-state index is -0.456. The van der Waals surface area contributed by atoms with Gasteiger partial charge in [0.2, 0.25) is 11.8 Å². The Hall–Kier alpha value is -1.98. The molecule has 1 heterocycles. The number of imide groups is 1. The summed E-state index contributed by atoms with van der Waals surface area (Å²) in [5, 5.41) is 0.121. The number of halogens is 1. The van der Waals surface area contributed by atoms with E-state index in [1.54, 1.807) is 24.3 Å². The summed E-state index contributed by atoms with van der Waals surface area (Å²) in [5.74, 6) is -0.416. The fourth-order valence-corrected chi connectivity index (χ4v) is 3.89. The lowest BCUT2D eigenvalue weighted by atomic mass is 10.2. The molecule has 118 valence electrons. The Labute approximate surface area is 143 Å². The molecule has 1 saturated heterocycles. The van der Waals surface area contributed by atoms with Crippen molar-refractivity contribution in [1.82, 2.24) is 0 Å². The lowest BCUT2D eigenvalue weighted by molar-refractivity contribution is -0.121. The Balaban J connectivity index is 1.87. The molecule has 1 fully saturated rings. The van der Waals surface area contributed by atoms with Crippen LogP contribution >= 0.6 is 23.4 Å². The zero-order valence-corrected chi connectivity index (χ0v) is 14.0. The normalized spacial score (nSPS) is 17.8. The Morgan fingerprint density at radius 1 is 1.22 bits per heavy atom. The molecule has 0 aromatic heterocycles. The van der Waals surface area contributed by atoms with Crippen LogP contribution in [-0.2, 0) is 9.59 Å². The maximum absolute atomic E-state index is 12.7. The molecule has 2 aromatic carbocycles. The molecule has 3 rings (SSSR count). The Morgan fingerprint density at radius 2 is 1.96 bits per heavy atom. The van der Waals surface area contributed by atoms with E-state index in [0.29, 0.717) is 16.4 Å². The van der Waals surface area contributed by atoms with Gasteiger partial charge in [0, 0.05) is 22.0 Å². The average Bonchev–Trinajstić information content (AvgIpc) is 2.77. The number of thioether (sulfide) groups is 1. The van der Waals surface area contributed by atoms with E-state index in [2.05, 4.69) is 0 Å². The second-order valence-corrected chi connectivity index (χ2v) is 7.03. The van der Waals surface area contributed by atoms with Crippen LogP contribution in [0.4, 0.5) is 11.4 Å². The number of rotatable bonds is 3. The van der Waals surface area contributed by atoms with E-state index >= 15 is 0 Å². The van der Waals surface area contributed by atoms with Crippen LogP contribution in [0.15, 0.2) is 47.4 Å². The van der Waals surface area contributed by atoms with Crippen molar-refractivity contribution >= 4 is 46.6 Å². The van der Waals surface area contributed by atoms with Crippen molar-refractivity contribution in [1.29, 1.82) is 0 Å². The minimum Gasteiger partial charge on any atom is -0.398 e. The zero-order valence-electron chi connectivity index (χ0n) is 12.5. The number of carbonyl (C=O) groups excluding carboxylic acids is 2. The summed E-state index contributed by atoms with van der Waals surface area (Å²) < 4.78 is 0. The molecular weight excluding hydrogens is 332 g/mol. The fourth-order valence-electron chi connectivity index (χ4n) is 2.56.